The summed E-state index contributed by atoms with van der Waals surface area (Å²) in [5, 5.41) is 1.86. The monoisotopic (exact) mass is 503 g/mol. The largest absolute Gasteiger partial charge is 0.473 e. The zero-order valence-corrected chi connectivity index (χ0v) is 22.3. The fourth-order valence-corrected chi connectivity index (χ4v) is 6.24. The molecule has 0 aromatic heterocycles. The number of nitrogens with zero attached hydrogens (tertiary/aromatic N) is 1. The van der Waals surface area contributed by atoms with E-state index in [4.69, 9.17) is 9.47 Å². The highest BCUT2D eigenvalue weighted by atomic mass is 16.5. The molecule has 2 aliphatic heterocycles. The molecule has 0 radical (unpaired) electrons. The summed E-state index contributed by atoms with van der Waals surface area (Å²) >= 11 is 0. The van der Waals surface area contributed by atoms with Gasteiger partial charge in [0.1, 0.15) is 5.75 Å². The molecule has 1 saturated heterocycles. The molecular formula is C34H33NO3. The van der Waals surface area contributed by atoms with E-state index in [0.717, 1.165) is 51.7 Å². The molecule has 4 heteroatoms. The normalized spacial score (nSPS) is 19.2. The summed E-state index contributed by atoms with van der Waals surface area (Å²) in [4.78, 5) is 15.3. The number of hydrogen-bond acceptors (Lipinski definition) is 4. The number of carbonyl (C=O) groups excluding carboxylic acids is 1. The summed E-state index contributed by atoms with van der Waals surface area (Å²) in [5.41, 5.74) is 6.39. The summed E-state index contributed by atoms with van der Waals surface area (Å²) in [6.07, 6.45) is 3.80. The summed E-state index contributed by atoms with van der Waals surface area (Å²) in [5.74, 6) is 0.323. The molecule has 38 heavy (non-hydrogen) atoms. The maximum atomic E-state index is 12.9. The van der Waals surface area contributed by atoms with Crippen molar-refractivity contribution in [2.24, 2.45) is 0 Å². The summed E-state index contributed by atoms with van der Waals surface area (Å²) in [7, 11) is 1.42. The van der Waals surface area contributed by atoms with Crippen LogP contribution in [0.5, 0.6) is 5.75 Å². The number of ether oxygens (including phenoxy) is 2. The molecule has 2 heterocycles. The second-order valence-corrected chi connectivity index (χ2v) is 10.3. The van der Waals surface area contributed by atoms with Crippen LogP contribution in [-0.2, 0) is 10.3 Å². The molecule has 1 unspecified atom stereocenters. The van der Waals surface area contributed by atoms with Crippen LogP contribution < -0.4 is 9.64 Å². The van der Waals surface area contributed by atoms with Crippen molar-refractivity contribution < 1.29 is 14.3 Å². The van der Waals surface area contributed by atoms with Crippen LogP contribution >= 0.6 is 0 Å². The van der Waals surface area contributed by atoms with Crippen LogP contribution in [0.3, 0.4) is 0 Å². The Bertz CT molecular complexity index is 1530. The van der Waals surface area contributed by atoms with E-state index in [1.54, 1.807) is 0 Å². The van der Waals surface area contributed by atoms with Gasteiger partial charge in [-0.05, 0) is 73.2 Å². The molecule has 4 aromatic carbocycles. The minimum absolute atomic E-state index is 0.368. The Morgan fingerprint density at radius 3 is 2.13 bits per heavy atom. The van der Waals surface area contributed by atoms with Crippen LogP contribution in [0.25, 0.3) is 16.3 Å². The van der Waals surface area contributed by atoms with E-state index in [0.29, 0.717) is 11.3 Å². The highest BCUT2D eigenvalue weighted by molar-refractivity contribution is 6.09. The van der Waals surface area contributed by atoms with Crippen molar-refractivity contribution in [1.29, 1.82) is 0 Å². The summed E-state index contributed by atoms with van der Waals surface area (Å²) in [6.45, 7) is 6.55. The van der Waals surface area contributed by atoms with Gasteiger partial charge in [-0.1, -0.05) is 66.7 Å². The average molecular weight is 504 g/mol. The fraction of sp³-hybridized carbons (Fsp3) is 0.265. The Morgan fingerprint density at radius 1 is 0.816 bits per heavy atom. The number of hydrogen-bond donors (Lipinski definition) is 0. The Hall–Kier alpha value is -4.05. The first-order chi connectivity index (χ1) is 18.5. The van der Waals surface area contributed by atoms with Gasteiger partial charge in [-0.3, -0.25) is 0 Å². The van der Waals surface area contributed by atoms with Crippen molar-refractivity contribution in [3.05, 3.63) is 113 Å². The van der Waals surface area contributed by atoms with Gasteiger partial charge in [-0.15, -0.1) is 0 Å². The zero-order valence-electron chi connectivity index (χ0n) is 22.3. The van der Waals surface area contributed by atoms with Crippen molar-refractivity contribution in [3.8, 4) is 5.75 Å². The smallest absolute Gasteiger partial charge is 0.338 e. The molecule has 1 fully saturated rings. The molecule has 2 aliphatic rings. The molecule has 0 spiro atoms. The highest BCUT2D eigenvalue weighted by Gasteiger charge is 2.44. The summed E-state index contributed by atoms with van der Waals surface area (Å²) < 4.78 is 12.3. The molecule has 4 nitrogen and oxygen atoms in total. The molecule has 1 atom stereocenters. The number of esters is 1. The molecule has 0 N–H and O–H groups in total. The molecular weight excluding hydrogens is 470 g/mol. The van der Waals surface area contributed by atoms with E-state index in [1.165, 1.54) is 32.1 Å². The van der Waals surface area contributed by atoms with Crippen LogP contribution in [0.4, 0.5) is 5.69 Å². The lowest BCUT2D eigenvalue weighted by Crippen LogP contribution is -2.39. The van der Waals surface area contributed by atoms with Gasteiger partial charge in [-0.2, -0.15) is 0 Å². The van der Waals surface area contributed by atoms with Crippen LogP contribution in [0, 0.1) is 0 Å². The molecule has 192 valence electrons. The predicted octanol–water partition coefficient (Wildman–Crippen LogP) is 7.75. The maximum absolute atomic E-state index is 12.9. The van der Waals surface area contributed by atoms with E-state index in [2.05, 4.69) is 73.3 Å². The van der Waals surface area contributed by atoms with Crippen LogP contribution in [0.1, 0.15) is 60.2 Å². The first-order valence-corrected chi connectivity index (χ1v) is 13.5. The first-order valence-electron chi connectivity index (χ1n) is 13.5. The minimum atomic E-state index is -0.825. The van der Waals surface area contributed by atoms with Gasteiger partial charge in [0.25, 0.3) is 0 Å². The van der Waals surface area contributed by atoms with Gasteiger partial charge < -0.3 is 14.4 Å². The van der Waals surface area contributed by atoms with Gasteiger partial charge in [-0.25, -0.2) is 4.79 Å². The maximum Gasteiger partial charge on any atom is 0.338 e. The lowest BCUT2D eigenvalue weighted by Gasteiger charge is -2.42. The van der Waals surface area contributed by atoms with Crippen molar-refractivity contribution in [3.63, 3.8) is 0 Å². The van der Waals surface area contributed by atoms with Crippen molar-refractivity contribution in [2.45, 2.75) is 38.7 Å². The van der Waals surface area contributed by atoms with Gasteiger partial charge in [0.05, 0.1) is 12.7 Å². The third-order valence-corrected chi connectivity index (χ3v) is 8.32. The quantitative estimate of drug-likeness (QED) is 0.267. The number of rotatable bonds is 4. The standard InChI is InChI=1S/C34H33NO3/c1-23-24(2)34(25-12-6-4-7-13-25,26-16-18-27(19-17-26)35-20-10-5-11-21-35)38-31-22-30(33(36)37-3)28-14-8-9-15-29(28)32(23)31/h4,6-9,12-19,22H,5,10-11,20-21H2,1-3H3. The Balaban J connectivity index is 1.57. The van der Waals surface area contributed by atoms with E-state index in [-0.39, 0.29) is 5.97 Å². The average Bonchev–Trinajstić information content (AvgIpc) is 2.99. The lowest BCUT2D eigenvalue weighted by molar-refractivity contribution is 0.0601. The molecule has 4 aromatic rings. The topological polar surface area (TPSA) is 38.8 Å². The number of piperidine rings is 1. The molecule has 0 bridgehead atoms. The molecule has 0 aliphatic carbocycles. The number of fused-ring (bicyclic) bond motifs is 3. The second kappa shape index (κ2) is 9.68. The van der Waals surface area contributed by atoms with E-state index < -0.39 is 5.60 Å². The van der Waals surface area contributed by atoms with E-state index in [9.17, 15) is 4.79 Å². The van der Waals surface area contributed by atoms with E-state index in [1.807, 2.05) is 30.3 Å². The number of benzene rings is 4. The Kier molecular flexibility index (Phi) is 6.19. The van der Waals surface area contributed by atoms with Gasteiger partial charge in [0.15, 0.2) is 5.60 Å². The lowest BCUT2D eigenvalue weighted by atomic mass is 9.75. The van der Waals surface area contributed by atoms with Gasteiger partial charge in [0, 0.05) is 35.5 Å². The fourth-order valence-electron chi connectivity index (χ4n) is 6.24. The molecule has 0 amide bonds. The highest BCUT2D eigenvalue weighted by Crippen LogP contribution is 2.52. The van der Waals surface area contributed by atoms with Crippen LogP contribution in [0.2, 0.25) is 0 Å². The van der Waals surface area contributed by atoms with Crippen LogP contribution in [-0.4, -0.2) is 26.2 Å². The molecule has 0 saturated carbocycles. The SMILES string of the molecule is COC(=O)c1cc2c(c3ccccc13)C(C)=C(C)C(c1ccccc1)(c1ccc(N3CCCCC3)cc1)O2. The zero-order chi connectivity index (χ0) is 26.3. The first kappa shape index (κ1) is 24.3. The second-order valence-electron chi connectivity index (χ2n) is 10.3. The van der Waals surface area contributed by atoms with Crippen LogP contribution in [0.15, 0.2) is 90.5 Å². The minimum Gasteiger partial charge on any atom is -0.473 e. The Labute approximate surface area is 224 Å². The number of anilines is 1. The number of methoxy groups -OCH3 is 1. The van der Waals surface area contributed by atoms with Crippen molar-refractivity contribution >= 4 is 28.0 Å². The Morgan fingerprint density at radius 2 is 1.45 bits per heavy atom. The summed E-state index contributed by atoms with van der Waals surface area (Å²) in [6, 6.07) is 29.1. The van der Waals surface area contributed by atoms with Gasteiger partial charge in [0.2, 0.25) is 0 Å². The molecule has 6 rings (SSSR count). The van der Waals surface area contributed by atoms with E-state index >= 15 is 0 Å². The van der Waals surface area contributed by atoms with Gasteiger partial charge >= 0.3 is 5.97 Å². The number of carbonyl (C=O) groups is 1. The predicted molar refractivity (Wildman–Crippen MR) is 154 cm³/mol. The van der Waals surface area contributed by atoms with Crippen molar-refractivity contribution in [2.75, 3.05) is 25.1 Å². The number of allylic oxidation sites excluding steroid dienone is 1. The third-order valence-electron chi connectivity index (χ3n) is 8.32. The third kappa shape index (κ3) is 3.78. The van der Waals surface area contributed by atoms with Crippen molar-refractivity contribution in [1.82, 2.24) is 0 Å².